The molecule has 0 unspecified atom stereocenters. The van der Waals surface area contributed by atoms with Crippen LogP contribution in [0.3, 0.4) is 0 Å². The minimum atomic E-state index is -0.0350. The lowest BCUT2D eigenvalue weighted by Gasteiger charge is -2.28. The summed E-state index contributed by atoms with van der Waals surface area (Å²) < 4.78 is 10.9. The normalized spacial score (nSPS) is 19.2. The van der Waals surface area contributed by atoms with Gasteiger partial charge in [-0.1, -0.05) is 26.0 Å². The topological polar surface area (TPSA) is 50.8 Å². The quantitative estimate of drug-likeness (QED) is 0.578. The maximum absolute atomic E-state index is 12.6. The number of carbonyl (C=O) groups excluding carboxylic acids is 1. The Morgan fingerprint density at radius 2 is 1.79 bits per heavy atom. The van der Waals surface area contributed by atoms with Crippen LogP contribution in [0.25, 0.3) is 11.6 Å². The molecule has 152 valence electrons. The zero-order valence-corrected chi connectivity index (χ0v) is 17.7. The van der Waals surface area contributed by atoms with E-state index >= 15 is 0 Å². The van der Waals surface area contributed by atoms with Gasteiger partial charge < -0.3 is 19.1 Å². The third-order valence-electron chi connectivity index (χ3n) is 5.20. The molecule has 5 nitrogen and oxygen atoms in total. The summed E-state index contributed by atoms with van der Waals surface area (Å²) in [6, 6.07) is 12.4. The van der Waals surface area contributed by atoms with Crippen molar-refractivity contribution in [2.45, 2.75) is 25.2 Å². The molecule has 0 aliphatic carbocycles. The average Bonchev–Trinajstić information content (AvgIpc) is 3.12. The van der Waals surface area contributed by atoms with Gasteiger partial charge in [0.1, 0.15) is 0 Å². The molecule has 0 saturated carbocycles. The summed E-state index contributed by atoms with van der Waals surface area (Å²) in [6.07, 6.45) is 2.82. The van der Waals surface area contributed by atoms with Crippen LogP contribution in [0.5, 0.6) is 0 Å². The molecule has 0 bridgehead atoms. The van der Waals surface area contributed by atoms with Crippen LogP contribution in [0.1, 0.15) is 30.5 Å². The molecule has 0 radical (unpaired) electrons. The summed E-state index contributed by atoms with van der Waals surface area (Å²) in [5.74, 6) is -0.0350. The van der Waals surface area contributed by atoms with Gasteiger partial charge in [-0.15, -0.1) is 0 Å². The van der Waals surface area contributed by atoms with Crippen molar-refractivity contribution in [3.8, 4) is 0 Å². The molecule has 1 amide bonds. The first-order valence-corrected chi connectivity index (χ1v) is 11.0. The van der Waals surface area contributed by atoms with Crippen molar-refractivity contribution in [1.29, 1.82) is 0 Å². The number of hydrogen-bond donors (Lipinski definition) is 1. The van der Waals surface area contributed by atoms with Gasteiger partial charge in [0.15, 0.2) is 0 Å². The molecule has 0 atom stereocenters. The molecule has 2 aromatic rings. The van der Waals surface area contributed by atoms with Crippen molar-refractivity contribution in [1.82, 2.24) is 0 Å². The van der Waals surface area contributed by atoms with E-state index in [1.54, 1.807) is 0 Å². The summed E-state index contributed by atoms with van der Waals surface area (Å²) in [5.41, 5.74) is 6.11. The smallest absolute Gasteiger partial charge is 0.256 e. The standard InChI is InChI=1S/C21H20N2O3S.C2H6/c24-21-17(20-16-7-10-26-27-19(16)6-5-18(20)22-21)13-14-1-3-15(4-2-14)23-8-11-25-12-9-23;1-2/h1-6,13H,7-12H2,(H,22,24);1-2H3/b17-13-;. The zero-order valence-electron chi connectivity index (χ0n) is 16.9. The number of ether oxygens (including phenoxy) is 1. The minimum Gasteiger partial charge on any atom is -0.378 e. The van der Waals surface area contributed by atoms with Gasteiger partial charge in [-0.25, -0.2) is 0 Å². The van der Waals surface area contributed by atoms with Crippen LogP contribution < -0.4 is 10.2 Å². The predicted molar refractivity (Wildman–Crippen MR) is 119 cm³/mol. The van der Waals surface area contributed by atoms with Crippen molar-refractivity contribution < 1.29 is 13.7 Å². The Labute approximate surface area is 176 Å². The van der Waals surface area contributed by atoms with E-state index in [0.29, 0.717) is 6.61 Å². The Kier molecular flexibility index (Phi) is 6.23. The van der Waals surface area contributed by atoms with Gasteiger partial charge in [-0.05, 0) is 47.9 Å². The molecule has 3 heterocycles. The van der Waals surface area contributed by atoms with E-state index in [-0.39, 0.29) is 5.91 Å². The summed E-state index contributed by atoms with van der Waals surface area (Å²) in [7, 11) is 0. The number of nitrogens with one attached hydrogen (secondary N) is 1. The third-order valence-corrected chi connectivity index (χ3v) is 6.04. The summed E-state index contributed by atoms with van der Waals surface area (Å²) in [6.45, 7) is 8.05. The lowest BCUT2D eigenvalue weighted by molar-refractivity contribution is -0.110. The Morgan fingerprint density at radius 1 is 1.03 bits per heavy atom. The number of morpholine rings is 1. The highest BCUT2D eigenvalue weighted by Gasteiger charge is 2.29. The highest BCUT2D eigenvalue weighted by Crippen LogP contribution is 2.42. The lowest BCUT2D eigenvalue weighted by atomic mass is 9.96. The maximum Gasteiger partial charge on any atom is 0.256 e. The summed E-state index contributed by atoms with van der Waals surface area (Å²) in [4.78, 5) is 16.0. The molecular formula is C23H26N2O3S. The lowest BCUT2D eigenvalue weighted by Crippen LogP contribution is -2.36. The Hall–Kier alpha value is -2.28. The Bertz CT molecular complexity index is 918. The first-order chi connectivity index (χ1) is 14.3. The first-order valence-electron chi connectivity index (χ1n) is 10.2. The SMILES string of the molecule is CC.O=C1Nc2ccc3c(c2/C1=C/c1ccc(N2CCOCC2)cc1)CCOS3. The fourth-order valence-electron chi connectivity index (χ4n) is 3.83. The predicted octanol–water partition coefficient (Wildman–Crippen LogP) is 4.62. The molecule has 0 spiro atoms. The van der Waals surface area contributed by atoms with Crippen LogP contribution in [-0.4, -0.2) is 38.8 Å². The van der Waals surface area contributed by atoms with Gasteiger partial charge in [0.05, 0.1) is 19.8 Å². The van der Waals surface area contributed by atoms with Crippen LogP contribution in [-0.2, 0) is 20.1 Å². The van der Waals surface area contributed by atoms with Crippen molar-refractivity contribution in [3.63, 3.8) is 0 Å². The molecule has 29 heavy (non-hydrogen) atoms. The highest BCUT2D eigenvalue weighted by atomic mass is 32.2. The molecule has 3 aliphatic heterocycles. The number of carbonyl (C=O) groups is 1. The van der Waals surface area contributed by atoms with Crippen molar-refractivity contribution in [2.75, 3.05) is 43.1 Å². The average molecular weight is 411 g/mol. The number of nitrogens with zero attached hydrogens (tertiary/aromatic N) is 1. The van der Waals surface area contributed by atoms with Crippen LogP contribution in [0.2, 0.25) is 0 Å². The minimum absolute atomic E-state index is 0.0350. The van der Waals surface area contributed by atoms with E-state index in [1.807, 2.05) is 32.1 Å². The number of rotatable bonds is 2. The van der Waals surface area contributed by atoms with Gasteiger partial charge in [-0.2, -0.15) is 0 Å². The van der Waals surface area contributed by atoms with E-state index in [4.69, 9.17) is 8.92 Å². The van der Waals surface area contributed by atoms with Gasteiger partial charge in [-0.3, -0.25) is 4.79 Å². The van der Waals surface area contributed by atoms with E-state index in [2.05, 4.69) is 34.5 Å². The molecular weight excluding hydrogens is 384 g/mol. The van der Waals surface area contributed by atoms with Crippen LogP contribution in [0, 0.1) is 0 Å². The molecule has 1 fully saturated rings. The molecule has 1 N–H and O–H groups in total. The largest absolute Gasteiger partial charge is 0.378 e. The van der Waals surface area contributed by atoms with E-state index < -0.39 is 0 Å². The van der Waals surface area contributed by atoms with Crippen LogP contribution in [0.15, 0.2) is 41.3 Å². The highest BCUT2D eigenvalue weighted by molar-refractivity contribution is 7.94. The third kappa shape index (κ3) is 4.06. The molecule has 5 rings (SSSR count). The monoisotopic (exact) mass is 410 g/mol. The number of fused-ring (bicyclic) bond motifs is 3. The number of benzene rings is 2. The van der Waals surface area contributed by atoms with Crippen LogP contribution >= 0.6 is 12.0 Å². The molecule has 2 aromatic carbocycles. The number of anilines is 2. The summed E-state index contributed by atoms with van der Waals surface area (Å²) >= 11 is 1.40. The molecule has 3 aliphatic rings. The number of amides is 1. The van der Waals surface area contributed by atoms with E-state index in [1.165, 1.54) is 23.3 Å². The van der Waals surface area contributed by atoms with Crippen molar-refractivity contribution >= 4 is 41.0 Å². The van der Waals surface area contributed by atoms with Gasteiger partial charge in [0.2, 0.25) is 0 Å². The van der Waals surface area contributed by atoms with Gasteiger partial charge >= 0.3 is 0 Å². The second-order valence-corrected chi connectivity index (χ2v) is 7.67. The fraction of sp³-hybridized carbons (Fsp3) is 0.348. The Morgan fingerprint density at radius 3 is 2.55 bits per heavy atom. The van der Waals surface area contributed by atoms with Crippen LogP contribution in [0.4, 0.5) is 11.4 Å². The van der Waals surface area contributed by atoms with Gasteiger partial charge in [0.25, 0.3) is 5.91 Å². The zero-order chi connectivity index (χ0) is 20.2. The van der Waals surface area contributed by atoms with Crippen molar-refractivity contribution in [2.24, 2.45) is 0 Å². The van der Waals surface area contributed by atoms with Gasteiger partial charge in [0, 0.05) is 52.5 Å². The van der Waals surface area contributed by atoms with E-state index in [9.17, 15) is 4.79 Å². The fourth-order valence-corrected chi connectivity index (χ4v) is 4.55. The maximum atomic E-state index is 12.6. The second-order valence-electron chi connectivity index (χ2n) is 6.82. The van der Waals surface area contributed by atoms with E-state index in [0.717, 1.165) is 60.0 Å². The molecule has 1 saturated heterocycles. The summed E-state index contributed by atoms with van der Waals surface area (Å²) in [5, 5.41) is 3.00. The first kappa shape index (κ1) is 20.0. The molecule has 0 aromatic heterocycles. The number of hydrogen-bond acceptors (Lipinski definition) is 5. The molecule has 6 heteroatoms. The second kappa shape index (κ2) is 9.03. The Balaban J connectivity index is 0.000000994. The van der Waals surface area contributed by atoms with Crippen molar-refractivity contribution in [3.05, 3.63) is 53.1 Å².